The van der Waals surface area contributed by atoms with Gasteiger partial charge in [0.05, 0.1) is 6.61 Å². The van der Waals surface area contributed by atoms with Crippen molar-refractivity contribution < 1.29 is 23.1 Å². The van der Waals surface area contributed by atoms with Gasteiger partial charge in [-0.3, -0.25) is 4.79 Å². The third-order valence-corrected chi connectivity index (χ3v) is 3.63. The molecule has 0 spiro atoms. The molecule has 0 saturated carbocycles. The Morgan fingerprint density at radius 1 is 1.08 bits per heavy atom. The average molecular weight is 341 g/mol. The second kappa shape index (κ2) is 10.7. The average Bonchev–Trinajstić information content (AvgIpc) is 2.53. The standard InChI is InChI=1S/C18H25F2NO3/c1-3-4-5-6-7-8-12-24-18(23)13(2)21-17(22)16-14(19)10-9-11-15(16)20/h9-11,13H,3-8,12H2,1-2H3,(H,21,22). The Balaban J connectivity index is 2.35. The first kappa shape index (κ1) is 20.1. The van der Waals surface area contributed by atoms with E-state index in [1.165, 1.54) is 32.3 Å². The van der Waals surface area contributed by atoms with E-state index in [4.69, 9.17) is 4.74 Å². The predicted octanol–water partition coefficient (Wildman–Crippen LogP) is 3.99. The Morgan fingerprint density at radius 2 is 1.67 bits per heavy atom. The van der Waals surface area contributed by atoms with Crippen LogP contribution in [0.5, 0.6) is 0 Å². The molecule has 134 valence electrons. The maximum atomic E-state index is 13.5. The van der Waals surface area contributed by atoms with Gasteiger partial charge in [-0.1, -0.05) is 45.1 Å². The fourth-order valence-electron chi connectivity index (χ4n) is 2.22. The molecule has 0 radical (unpaired) electrons. The number of carbonyl (C=O) groups is 2. The smallest absolute Gasteiger partial charge is 0.328 e. The molecule has 1 rings (SSSR count). The van der Waals surface area contributed by atoms with E-state index in [0.29, 0.717) is 0 Å². The lowest BCUT2D eigenvalue weighted by Gasteiger charge is -2.14. The SMILES string of the molecule is CCCCCCCCOC(=O)C(C)NC(=O)c1c(F)cccc1F. The fraction of sp³-hybridized carbons (Fsp3) is 0.556. The van der Waals surface area contributed by atoms with E-state index < -0.39 is 35.1 Å². The Labute approximate surface area is 141 Å². The Morgan fingerprint density at radius 3 is 2.29 bits per heavy atom. The summed E-state index contributed by atoms with van der Waals surface area (Å²) in [5.41, 5.74) is -0.701. The Bertz CT molecular complexity index is 529. The molecule has 0 saturated heterocycles. The number of unbranched alkanes of at least 4 members (excludes halogenated alkanes) is 5. The number of hydrogen-bond donors (Lipinski definition) is 1. The van der Waals surface area contributed by atoms with E-state index in [-0.39, 0.29) is 6.61 Å². The van der Waals surface area contributed by atoms with Crippen LogP contribution in [0.2, 0.25) is 0 Å². The Hall–Kier alpha value is -1.98. The van der Waals surface area contributed by atoms with Crippen molar-refractivity contribution in [2.24, 2.45) is 0 Å². The molecule has 0 fully saturated rings. The fourth-order valence-corrected chi connectivity index (χ4v) is 2.22. The van der Waals surface area contributed by atoms with E-state index in [0.717, 1.165) is 31.4 Å². The molecule has 1 N–H and O–H groups in total. The molecule has 0 aliphatic rings. The van der Waals surface area contributed by atoms with Crippen LogP contribution in [0.1, 0.15) is 62.7 Å². The second-order valence-electron chi connectivity index (χ2n) is 5.73. The van der Waals surface area contributed by atoms with Gasteiger partial charge in [0.2, 0.25) is 0 Å². The second-order valence-corrected chi connectivity index (χ2v) is 5.73. The third-order valence-electron chi connectivity index (χ3n) is 3.63. The summed E-state index contributed by atoms with van der Waals surface area (Å²) in [4.78, 5) is 23.7. The summed E-state index contributed by atoms with van der Waals surface area (Å²) in [7, 11) is 0. The van der Waals surface area contributed by atoms with Crippen molar-refractivity contribution in [2.45, 2.75) is 58.4 Å². The molecule has 1 aromatic carbocycles. The lowest BCUT2D eigenvalue weighted by molar-refractivity contribution is -0.145. The normalized spacial score (nSPS) is 11.8. The van der Waals surface area contributed by atoms with Gasteiger partial charge in [0, 0.05) is 0 Å². The van der Waals surface area contributed by atoms with Gasteiger partial charge in [-0.15, -0.1) is 0 Å². The van der Waals surface area contributed by atoms with Crippen LogP contribution < -0.4 is 5.32 Å². The van der Waals surface area contributed by atoms with Crippen molar-refractivity contribution in [3.63, 3.8) is 0 Å². The number of halogens is 2. The molecule has 1 amide bonds. The van der Waals surface area contributed by atoms with Gasteiger partial charge < -0.3 is 10.1 Å². The highest BCUT2D eigenvalue weighted by molar-refractivity contribution is 5.97. The summed E-state index contributed by atoms with van der Waals surface area (Å²) >= 11 is 0. The molecule has 0 aliphatic heterocycles. The van der Waals surface area contributed by atoms with Gasteiger partial charge in [-0.2, -0.15) is 0 Å². The van der Waals surface area contributed by atoms with Crippen LogP contribution in [0.3, 0.4) is 0 Å². The first-order valence-electron chi connectivity index (χ1n) is 8.38. The van der Waals surface area contributed by atoms with E-state index in [2.05, 4.69) is 12.2 Å². The number of hydrogen-bond acceptors (Lipinski definition) is 3. The van der Waals surface area contributed by atoms with Crippen LogP contribution >= 0.6 is 0 Å². The Kier molecular flexibility index (Phi) is 8.97. The number of rotatable bonds is 10. The zero-order valence-corrected chi connectivity index (χ0v) is 14.2. The highest BCUT2D eigenvalue weighted by Crippen LogP contribution is 2.12. The topological polar surface area (TPSA) is 55.4 Å². The molecule has 0 aromatic heterocycles. The van der Waals surface area contributed by atoms with Gasteiger partial charge >= 0.3 is 5.97 Å². The van der Waals surface area contributed by atoms with Crippen LogP contribution in [-0.4, -0.2) is 24.5 Å². The number of ether oxygens (including phenoxy) is 1. The maximum absolute atomic E-state index is 13.5. The van der Waals surface area contributed by atoms with E-state index in [1.807, 2.05) is 0 Å². The molecule has 0 heterocycles. The van der Waals surface area contributed by atoms with E-state index in [9.17, 15) is 18.4 Å². The number of amides is 1. The molecule has 0 aliphatic carbocycles. The number of nitrogens with one attached hydrogen (secondary N) is 1. The first-order valence-corrected chi connectivity index (χ1v) is 8.38. The quantitative estimate of drug-likeness (QED) is 0.517. The van der Waals surface area contributed by atoms with Crippen LogP contribution in [-0.2, 0) is 9.53 Å². The maximum Gasteiger partial charge on any atom is 0.328 e. The lowest BCUT2D eigenvalue weighted by Crippen LogP contribution is -2.40. The van der Waals surface area contributed by atoms with Gasteiger partial charge in [0.15, 0.2) is 0 Å². The summed E-state index contributed by atoms with van der Waals surface area (Å²) in [5.74, 6) is -3.54. The molecule has 0 bridgehead atoms. The summed E-state index contributed by atoms with van der Waals surface area (Å²) in [6.45, 7) is 3.84. The van der Waals surface area contributed by atoms with Crippen molar-refractivity contribution in [1.82, 2.24) is 5.32 Å². The molecule has 24 heavy (non-hydrogen) atoms. The van der Waals surface area contributed by atoms with Crippen LogP contribution in [0, 0.1) is 11.6 Å². The lowest BCUT2D eigenvalue weighted by atomic mass is 10.1. The number of benzene rings is 1. The molecule has 1 atom stereocenters. The number of carbonyl (C=O) groups excluding carboxylic acids is 2. The van der Waals surface area contributed by atoms with Crippen LogP contribution in [0.15, 0.2) is 18.2 Å². The summed E-state index contributed by atoms with van der Waals surface area (Å²) < 4.78 is 32.1. The molecule has 6 heteroatoms. The van der Waals surface area contributed by atoms with Crippen molar-refractivity contribution >= 4 is 11.9 Å². The summed E-state index contributed by atoms with van der Waals surface area (Å²) in [6, 6.07) is 2.16. The minimum atomic E-state index is -0.977. The predicted molar refractivity (Wildman–Crippen MR) is 87.6 cm³/mol. The third kappa shape index (κ3) is 6.64. The monoisotopic (exact) mass is 341 g/mol. The van der Waals surface area contributed by atoms with Crippen LogP contribution in [0.25, 0.3) is 0 Å². The largest absolute Gasteiger partial charge is 0.464 e. The van der Waals surface area contributed by atoms with Crippen molar-refractivity contribution in [1.29, 1.82) is 0 Å². The minimum absolute atomic E-state index is 0.277. The van der Waals surface area contributed by atoms with Crippen molar-refractivity contribution in [3.8, 4) is 0 Å². The molecule has 1 aromatic rings. The van der Waals surface area contributed by atoms with Crippen molar-refractivity contribution in [2.75, 3.05) is 6.61 Å². The zero-order chi connectivity index (χ0) is 17.9. The van der Waals surface area contributed by atoms with Gasteiger partial charge in [-0.05, 0) is 25.5 Å². The van der Waals surface area contributed by atoms with Crippen LogP contribution in [0.4, 0.5) is 8.78 Å². The first-order chi connectivity index (χ1) is 11.5. The zero-order valence-electron chi connectivity index (χ0n) is 14.2. The summed E-state index contributed by atoms with van der Waals surface area (Å²) in [6.07, 6.45) is 6.39. The van der Waals surface area contributed by atoms with E-state index >= 15 is 0 Å². The molecular weight excluding hydrogens is 316 g/mol. The van der Waals surface area contributed by atoms with Gasteiger partial charge in [0.25, 0.3) is 5.91 Å². The highest BCUT2D eigenvalue weighted by atomic mass is 19.1. The van der Waals surface area contributed by atoms with Gasteiger partial charge in [0.1, 0.15) is 23.2 Å². The molecular formula is C18H25F2NO3. The summed E-state index contributed by atoms with van der Waals surface area (Å²) in [5, 5.41) is 2.25. The molecule has 4 nitrogen and oxygen atoms in total. The minimum Gasteiger partial charge on any atom is -0.464 e. The van der Waals surface area contributed by atoms with Crippen molar-refractivity contribution in [3.05, 3.63) is 35.4 Å². The van der Waals surface area contributed by atoms with Gasteiger partial charge in [-0.25, -0.2) is 13.6 Å². The number of esters is 1. The highest BCUT2D eigenvalue weighted by Gasteiger charge is 2.22. The molecule has 1 unspecified atom stereocenters. The van der Waals surface area contributed by atoms with E-state index in [1.54, 1.807) is 0 Å².